The molecule has 35 heavy (non-hydrogen) atoms. The average Bonchev–Trinajstić information content (AvgIpc) is 3.33. The van der Waals surface area contributed by atoms with Gasteiger partial charge < -0.3 is 28.8 Å². The third-order valence-corrected chi connectivity index (χ3v) is 6.70. The van der Waals surface area contributed by atoms with Gasteiger partial charge >= 0.3 is 23.9 Å². The summed E-state index contributed by atoms with van der Waals surface area (Å²) in [5.41, 5.74) is -1.11. The summed E-state index contributed by atoms with van der Waals surface area (Å²) in [6.45, 7) is 14.1. The normalized spacial score (nSPS) is 36.4. The number of aliphatic hydroxyl groups excluding tert-OH is 1. The van der Waals surface area contributed by atoms with Crippen molar-refractivity contribution in [3.63, 3.8) is 0 Å². The lowest BCUT2D eigenvalue weighted by atomic mass is 9.80. The maximum Gasteiger partial charge on any atom is 0.341 e. The molecular weight excluding hydrogens is 460 g/mol. The Morgan fingerprint density at radius 3 is 2.40 bits per heavy atom. The van der Waals surface area contributed by atoms with E-state index in [1.54, 1.807) is 20.8 Å². The van der Waals surface area contributed by atoms with Gasteiger partial charge in [0.05, 0.1) is 30.6 Å². The van der Waals surface area contributed by atoms with Gasteiger partial charge in [-0.3, -0.25) is 4.79 Å². The first-order valence-corrected chi connectivity index (χ1v) is 11.5. The molecule has 0 radical (unpaired) electrons. The summed E-state index contributed by atoms with van der Waals surface area (Å²) in [6.07, 6.45) is -3.97. The highest BCUT2D eigenvalue weighted by molar-refractivity contribution is 5.93. The van der Waals surface area contributed by atoms with Crippen molar-refractivity contribution in [3.05, 3.63) is 36.0 Å². The summed E-state index contributed by atoms with van der Waals surface area (Å²) < 4.78 is 27.3. The maximum absolute atomic E-state index is 13.1. The Morgan fingerprint density at radius 1 is 1.23 bits per heavy atom. The number of ether oxygens (including phenoxy) is 5. The van der Waals surface area contributed by atoms with E-state index in [1.807, 2.05) is 0 Å². The minimum Gasteiger partial charge on any atom is -0.466 e. The topological polar surface area (TPSA) is 138 Å². The van der Waals surface area contributed by atoms with E-state index in [-0.39, 0.29) is 24.0 Å². The molecule has 2 heterocycles. The van der Waals surface area contributed by atoms with Gasteiger partial charge in [-0.25, -0.2) is 14.4 Å². The molecule has 1 aliphatic carbocycles. The number of epoxide rings is 1. The van der Waals surface area contributed by atoms with Gasteiger partial charge in [-0.15, -0.1) is 0 Å². The molecule has 7 atom stereocenters. The van der Waals surface area contributed by atoms with Crippen LogP contribution in [0.4, 0.5) is 0 Å². The lowest BCUT2D eigenvalue weighted by Crippen LogP contribution is -2.50. The summed E-state index contributed by atoms with van der Waals surface area (Å²) in [4.78, 5) is 51.2. The predicted molar refractivity (Wildman–Crippen MR) is 121 cm³/mol. The minimum absolute atomic E-state index is 0.0793. The minimum atomic E-state index is -1.48. The van der Waals surface area contributed by atoms with Crippen molar-refractivity contribution in [2.24, 2.45) is 11.8 Å². The molecule has 0 bridgehead atoms. The van der Waals surface area contributed by atoms with E-state index >= 15 is 0 Å². The van der Waals surface area contributed by atoms with Crippen LogP contribution in [0.3, 0.4) is 0 Å². The zero-order chi connectivity index (χ0) is 26.2. The van der Waals surface area contributed by atoms with E-state index in [0.717, 1.165) is 7.11 Å². The van der Waals surface area contributed by atoms with Gasteiger partial charge in [0.1, 0.15) is 12.2 Å². The SMILES string of the molecule is C=C1C(=O)O[C@H]2[C@@H]1[C@@H](OC(=O)[C@]1(C)O[C@@H]1C)[C@H](OC(=O)C(C)C)/C(C(=O)OC)=C/CCC(=C)[C@@H]2O. The Hall–Kier alpha value is -2.98. The van der Waals surface area contributed by atoms with Gasteiger partial charge in [-0.2, -0.15) is 0 Å². The molecule has 0 aromatic rings. The largest absolute Gasteiger partial charge is 0.466 e. The van der Waals surface area contributed by atoms with Crippen LogP contribution in [0, 0.1) is 11.8 Å². The molecule has 192 valence electrons. The number of rotatable bonds is 5. The van der Waals surface area contributed by atoms with Crippen molar-refractivity contribution in [1.29, 1.82) is 0 Å². The van der Waals surface area contributed by atoms with Crippen LogP contribution in [0.1, 0.15) is 40.5 Å². The Balaban J connectivity index is 2.19. The fourth-order valence-electron chi connectivity index (χ4n) is 4.16. The molecule has 10 nitrogen and oxygen atoms in total. The van der Waals surface area contributed by atoms with Crippen LogP contribution in [0.2, 0.25) is 0 Å². The maximum atomic E-state index is 13.1. The number of carbonyl (C=O) groups excluding carboxylic acids is 4. The first kappa shape index (κ1) is 26.6. The van der Waals surface area contributed by atoms with E-state index in [1.165, 1.54) is 13.0 Å². The van der Waals surface area contributed by atoms with Gasteiger partial charge in [0.15, 0.2) is 17.8 Å². The van der Waals surface area contributed by atoms with Crippen molar-refractivity contribution >= 4 is 23.9 Å². The number of methoxy groups -OCH3 is 1. The van der Waals surface area contributed by atoms with Gasteiger partial charge in [0.25, 0.3) is 0 Å². The third-order valence-electron chi connectivity index (χ3n) is 6.70. The monoisotopic (exact) mass is 492 g/mol. The fourth-order valence-corrected chi connectivity index (χ4v) is 4.16. The van der Waals surface area contributed by atoms with Gasteiger partial charge in [-0.1, -0.05) is 33.1 Å². The predicted octanol–water partition coefficient (Wildman–Crippen LogP) is 1.55. The summed E-state index contributed by atoms with van der Waals surface area (Å²) in [7, 11) is 1.16. The lowest BCUT2D eigenvalue weighted by molar-refractivity contribution is -0.178. The quantitative estimate of drug-likeness (QED) is 0.198. The number of hydrogen-bond donors (Lipinski definition) is 1. The second-order valence-electron chi connectivity index (χ2n) is 9.46. The molecule has 10 heteroatoms. The first-order valence-electron chi connectivity index (χ1n) is 11.5. The third kappa shape index (κ3) is 5.04. The second-order valence-corrected chi connectivity index (χ2v) is 9.46. The van der Waals surface area contributed by atoms with E-state index in [9.17, 15) is 24.3 Å². The lowest BCUT2D eigenvalue weighted by Gasteiger charge is -2.36. The van der Waals surface area contributed by atoms with E-state index in [4.69, 9.17) is 23.7 Å². The molecule has 2 saturated heterocycles. The number of aliphatic hydroxyl groups is 1. The van der Waals surface area contributed by atoms with Crippen molar-refractivity contribution in [2.75, 3.05) is 7.11 Å². The summed E-state index contributed by atoms with van der Waals surface area (Å²) in [5.74, 6) is -4.84. The van der Waals surface area contributed by atoms with Crippen LogP contribution in [0.15, 0.2) is 36.0 Å². The molecule has 0 amide bonds. The van der Waals surface area contributed by atoms with Gasteiger partial charge in [0.2, 0.25) is 0 Å². The standard InChI is InChI=1S/C25H32O10/c1-11(2)21(27)32-18-15(23(29)31-7)10-8-9-12(3)17(26)19-16(13(4)22(28)33-19)20(18)34-24(30)25(6)14(5)35-25/h10-11,14,16-20,26H,3-4,8-9H2,1-2,5-7H3/b15-10-/t14-,16-,17+,18-,19+,20-,25-/m1/s1. The van der Waals surface area contributed by atoms with Crippen LogP contribution in [-0.4, -0.2) is 72.2 Å². The van der Waals surface area contributed by atoms with Crippen LogP contribution in [0.25, 0.3) is 0 Å². The molecule has 0 spiro atoms. The van der Waals surface area contributed by atoms with Crippen LogP contribution >= 0.6 is 0 Å². The molecule has 3 rings (SSSR count). The summed E-state index contributed by atoms with van der Waals surface area (Å²) >= 11 is 0. The molecule has 0 saturated carbocycles. The van der Waals surface area contributed by atoms with E-state index < -0.39 is 71.8 Å². The molecule has 3 aliphatic rings. The fraction of sp³-hybridized carbons (Fsp3) is 0.600. The highest BCUT2D eigenvalue weighted by atomic mass is 16.7. The number of esters is 4. The second kappa shape index (κ2) is 9.94. The molecule has 0 aromatic heterocycles. The Labute approximate surface area is 203 Å². The smallest absolute Gasteiger partial charge is 0.341 e. The molecule has 0 aromatic carbocycles. The summed E-state index contributed by atoms with van der Waals surface area (Å²) in [6, 6.07) is 0. The molecular formula is C25H32O10. The van der Waals surface area contributed by atoms with E-state index in [2.05, 4.69) is 13.2 Å². The number of allylic oxidation sites excluding steroid dienone is 1. The van der Waals surface area contributed by atoms with E-state index in [0.29, 0.717) is 5.57 Å². The molecule has 2 aliphatic heterocycles. The molecule has 0 unspecified atom stereocenters. The first-order chi connectivity index (χ1) is 16.3. The number of hydrogen-bond acceptors (Lipinski definition) is 10. The average molecular weight is 493 g/mol. The van der Waals surface area contributed by atoms with Crippen LogP contribution in [0.5, 0.6) is 0 Å². The highest BCUT2D eigenvalue weighted by Gasteiger charge is 2.60. The van der Waals surface area contributed by atoms with Crippen LogP contribution < -0.4 is 0 Å². The van der Waals surface area contributed by atoms with Crippen molar-refractivity contribution < 1.29 is 48.0 Å². The van der Waals surface area contributed by atoms with Crippen LogP contribution in [-0.2, 0) is 42.9 Å². The molecule has 2 fully saturated rings. The summed E-state index contributed by atoms with van der Waals surface area (Å²) in [5, 5.41) is 10.9. The highest BCUT2D eigenvalue weighted by Crippen LogP contribution is 2.42. The Kier molecular flexibility index (Phi) is 7.56. The van der Waals surface area contributed by atoms with Crippen molar-refractivity contribution in [1.82, 2.24) is 0 Å². The van der Waals surface area contributed by atoms with Gasteiger partial charge in [0, 0.05) is 5.57 Å². The van der Waals surface area contributed by atoms with Crippen molar-refractivity contribution in [3.8, 4) is 0 Å². The van der Waals surface area contributed by atoms with Crippen molar-refractivity contribution in [2.45, 2.75) is 76.7 Å². The molecule has 1 N–H and O–H groups in total. The number of fused-ring (bicyclic) bond motifs is 1. The Morgan fingerprint density at radius 2 is 1.86 bits per heavy atom. The number of carbonyl (C=O) groups is 4. The van der Waals surface area contributed by atoms with Gasteiger partial charge in [-0.05, 0) is 32.3 Å². The zero-order valence-corrected chi connectivity index (χ0v) is 20.6. The zero-order valence-electron chi connectivity index (χ0n) is 20.6. The Bertz CT molecular complexity index is 979.